The summed E-state index contributed by atoms with van der Waals surface area (Å²) < 4.78 is 10.8. The Labute approximate surface area is 118 Å². The quantitative estimate of drug-likeness (QED) is 0.614. The summed E-state index contributed by atoms with van der Waals surface area (Å²) in [7, 11) is 1.78. The Hall–Kier alpha value is -0.160. The van der Waals surface area contributed by atoms with Gasteiger partial charge in [0.2, 0.25) is 0 Å². The second-order valence-corrected chi connectivity index (χ2v) is 5.65. The number of methoxy groups -OCH3 is 1. The van der Waals surface area contributed by atoms with Crippen LogP contribution in [0, 0.1) is 5.41 Å². The molecule has 1 aliphatic rings. The van der Waals surface area contributed by atoms with Crippen molar-refractivity contribution in [2.45, 2.75) is 33.1 Å². The van der Waals surface area contributed by atoms with E-state index >= 15 is 0 Å². The Bertz CT molecular complexity index is 218. The molecule has 0 bridgehead atoms. The van der Waals surface area contributed by atoms with Crippen LogP contribution in [0.3, 0.4) is 0 Å². The zero-order valence-corrected chi connectivity index (χ0v) is 13.0. The van der Waals surface area contributed by atoms with E-state index in [0.717, 1.165) is 52.5 Å². The maximum atomic E-state index is 5.56. The van der Waals surface area contributed by atoms with Gasteiger partial charge in [-0.1, -0.05) is 13.8 Å². The fourth-order valence-electron chi connectivity index (χ4n) is 2.77. The number of ether oxygens (including phenoxy) is 2. The van der Waals surface area contributed by atoms with Crippen molar-refractivity contribution in [3.8, 4) is 0 Å². The summed E-state index contributed by atoms with van der Waals surface area (Å²) in [5, 5.41) is 3.62. The fourth-order valence-corrected chi connectivity index (χ4v) is 2.77. The smallest absolute Gasteiger partial charge is 0.0589 e. The molecule has 114 valence electrons. The molecule has 1 aliphatic heterocycles. The second-order valence-electron chi connectivity index (χ2n) is 5.65. The second kappa shape index (κ2) is 9.70. The van der Waals surface area contributed by atoms with Crippen LogP contribution in [0.25, 0.3) is 0 Å². The van der Waals surface area contributed by atoms with Crippen LogP contribution in [0.2, 0.25) is 0 Å². The molecule has 1 saturated heterocycles. The molecule has 0 atom stereocenters. The van der Waals surface area contributed by atoms with Gasteiger partial charge in [-0.25, -0.2) is 0 Å². The van der Waals surface area contributed by atoms with Gasteiger partial charge in [0.25, 0.3) is 0 Å². The van der Waals surface area contributed by atoms with Gasteiger partial charge in [-0.15, -0.1) is 0 Å². The van der Waals surface area contributed by atoms with Crippen molar-refractivity contribution in [1.29, 1.82) is 0 Å². The number of nitrogens with zero attached hydrogens (tertiary/aromatic N) is 1. The number of rotatable bonds is 10. The Balaban J connectivity index is 2.50. The molecule has 0 aromatic carbocycles. The number of likely N-dealkylation sites (N-methyl/N-ethyl adjacent to an activating group) is 1. The van der Waals surface area contributed by atoms with Crippen molar-refractivity contribution >= 4 is 0 Å². The fraction of sp³-hybridized carbons (Fsp3) is 1.00. The van der Waals surface area contributed by atoms with Crippen LogP contribution < -0.4 is 5.32 Å². The van der Waals surface area contributed by atoms with E-state index in [2.05, 4.69) is 24.1 Å². The van der Waals surface area contributed by atoms with Crippen LogP contribution in [0.1, 0.15) is 33.1 Å². The van der Waals surface area contributed by atoms with Gasteiger partial charge in [-0.2, -0.15) is 0 Å². The van der Waals surface area contributed by atoms with Gasteiger partial charge < -0.3 is 19.7 Å². The van der Waals surface area contributed by atoms with Crippen molar-refractivity contribution in [3.05, 3.63) is 0 Å². The maximum Gasteiger partial charge on any atom is 0.0589 e. The van der Waals surface area contributed by atoms with Gasteiger partial charge >= 0.3 is 0 Å². The molecule has 0 spiro atoms. The Morgan fingerprint density at radius 3 is 2.58 bits per heavy atom. The molecule has 4 nitrogen and oxygen atoms in total. The molecule has 0 aromatic heterocycles. The standard InChI is InChI=1S/C15H32N2O2/c1-4-8-16-13-15(6-10-19-11-7-15)14-17(5-2)9-12-18-3/h16H,4-14H2,1-3H3. The molecule has 1 N–H and O–H groups in total. The van der Waals surface area contributed by atoms with Crippen molar-refractivity contribution in [2.24, 2.45) is 5.41 Å². The maximum absolute atomic E-state index is 5.56. The summed E-state index contributed by atoms with van der Waals surface area (Å²) in [6.07, 6.45) is 3.55. The Morgan fingerprint density at radius 2 is 2.00 bits per heavy atom. The van der Waals surface area contributed by atoms with E-state index < -0.39 is 0 Å². The highest BCUT2D eigenvalue weighted by Gasteiger charge is 2.33. The first-order chi connectivity index (χ1) is 9.26. The zero-order valence-electron chi connectivity index (χ0n) is 13.0. The zero-order chi connectivity index (χ0) is 14.0. The number of hydrogen-bond acceptors (Lipinski definition) is 4. The van der Waals surface area contributed by atoms with Gasteiger partial charge in [-0.3, -0.25) is 0 Å². The highest BCUT2D eigenvalue weighted by molar-refractivity contribution is 4.87. The first kappa shape index (κ1) is 16.9. The van der Waals surface area contributed by atoms with E-state index in [4.69, 9.17) is 9.47 Å². The van der Waals surface area contributed by atoms with Crippen LogP contribution in [-0.2, 0) is 9.47 Å². The van der Waals surface area contributed by atoms with Crippen LogP contribution in [-0.4, -0.2) is 64.6 Å². The van der Waals surface area contributed by atoms with Crippen LogP contribution in [0.5, 0.6) is 0 Å². The lowest BCUT2D eigenvalue weighted by Crippen LogP contribution is -2.48. The lowest BCUT2D eigenvalue weighted by atomic mass is 9.79. The van der Waals surface area contributed by atoms with Gasteiger partial charge in [0.05, 0.1) is 6.61 Å². The molecule has 0 amide bonds. The van der Waals surface area contributed by atoms with Crippen molar-refractivity contribution < 1.29 is 9.47 Å². The van der Waals surface area contributed by atoms with E-state index in [1.165, 1.54) is 19.3 Å². The highest BCUT2D eigenvalue weighted by atomic mass is 16.5. The number of hydrogen-bond donors (Lipinski definition) is 1. The molecule has 1 heterocycles. The average Bonchev–Trinajstić information content (AvgIpc) is 2.45. The first-order valence-corrected chi connectivity index (χ1v) is 7.76. The van der Waals surface area contributed by atoms with E-state index in [1.807, 2.05) is 0 Å². The summed E-state index contributed by atoms with van der Waals surface area (Å²) >= 11 is 0. The van der Waals surface area contributed by atoms with Crippen LogP contribution in [0.4, 0.5) is 0 Å². The molecular formula is C15H32N2O2. The lowest BCUT2D eigenvalue weighted by molar-refractivity contribution is -0.00666. The van der Waals surface area contributed by atoms with Gasteiger partial charge in [0, 0.05) is 40.0 Å². The minimum atomic E-state index is 0.386. The molecule has 19 heavy (non-hydrogen) atoms. The summed E-state index contributed by atoms with van der Waals surface area (Å²) in [5.74, 6) is 0. The molecule has 0 unspecified atom stereocenters. The Morgan fingerprint density at radius 1 is 1.26 bits per heavy atom. The van der Waals surface area contributed by atoms with Crippen molar-refractivity contribution in [3.63, 3.8) is 0 Å². The number of nitrogens with one attached hydrogen (secondary N) is 1. The van der Waals surface area contributed by atoms with Gasteiger partial charge in [-0.05, 0) is 37.8 Å². The van der Waals surface area contributed by atoms with Gasteiger partial charge in [0.1, 0.15) is 0 Å². The van der Waals surface area contributed by atoms with Gasteiger partial charge in [0.15, 0.2) is 0 Å². The van der Waals surface area contributed by atoms with E-state index in [0.29, 0.717) is 5.41 Å². The summed E-state index contributed by atoms with van der Waals surface area (Å²) in [6.45, 7) is 12.6. The molecule has 0 aromatic rings. The molecule has 1 fully saturated rings. The summed E-state index contributed by atoms with van der Waals surface area (Å²) in [4.78, 5) is 2.52. The molecule has 1 rings (SSSR count). The van der Waals surface area contributed by atoms with Crippen LogP contribution in [0.15, 0.2) is 0 Å². The molecular weight excluding hydrogens is 240 g/mol. The normalized spacial score (nSPS) is 18.9. The third-order valence-corrected chi connectivity index (χ3v) is 4.10. The predicted molar refractivity (Wildman–Crippen MR) is 79.6 cm³/mol. The monoisotopic (exact) mass is 272 g/mol. The SMILES string of the molecule is CCCNCC1(CN(CC)CCOC)CCOCC1. The lowest BCUT2D eigenvalue weighted by Gasteiger charge is -2.41. The molecule has 0 saturated carbocycles. The van der Waals surface area contributed by atoms with E-state index in [1.54, 1.807) is 7.11 Å². The third-order valence-electron chi connectivity index (χ3n) is 4.10. The van der Waals surface area contributed by atoms with E-state index in [9.17, 15) is 0 Å². The van der Waals surface area contributed by atoms with Crippen molar-refractivity contribution in [1.82, 2.24) is 10.2 Å². The predicted octanol–water partition coefficient (Wildman–Crippen LogP) is 1.75. The minimum absolute atomic E-state index is 0.386. The molecule has 0 aliphatic carbocycles. The molecule has 4 heteroatoms. The average molecular weight is 272 g/mol. The third kappa shape index (κ3) is 6.21. The first-order valence-electron chi connectivity index (χ1n) is 7.76. The largest absolute Gasteiger partial charge is 0.383 e. The van der Waals surface area contributed by atoms with E-state index in [-0.39, 0.29) is 0 Å². The molecule has 0 radical (unpaired) electrons. The minimum Gasteiger partial charge on any atom is -0.383 e. The highest BCUT2D eigenvalue weighted by Crippen LogP contribution is 2.31. The summed E-state index contributed by atoms with van der Waals surface area (Å²) in [6, 6.07) is 0. The topological polar surface area (TPSA) is 33.7 Å². The van der Waals surface area contributed by atoms with Crippen LogP contribution >= 0.6 is 0 Å². The Kier molecular flexibility index (Phi) is 8.62. The summed E-state index contributed by atoms with van der Waals surface area (Å²) in [5.41, 5.74) is 0.386. The van der Waals surface area contributed by atoms with Crippen molar-refractivity contribution in [2.75, 3.05) is 59.7 Å².